The predicted molar refractivity (Wildman–Crippen MR) is 76.4 cm³/mol. The van der Waals surface area contributed by atoms with Gasteiger partial charge in [-0.15, -0.1) is 0 Å². The topological polar surface area (TPSA) is 39.1 Å². The third-order valence-electron chi connectivity index (χ3n) is 4.70. The quantitative estimate of drug-likeness (QED) is 0.816. The molecule has 1 fully saturated rings. The van der Waals surface area contributed by atoms with Gasteiger partial charge in [-0.05, 0) is 58.5 Å². The van der Waals surface area contributed by atoms with E-state index in [-0.39, 0.29) is 5.54 Å². The summed E-state index contributed by atoms with van der Waals surface area (Å²) >= 11 is 0. The van der Waals surface area contributed by atoms with Crippen LogP contribution < -0.4 is 5.32 Å². The molecular weight excluding hydrogens is 222 g/mol. The molecule has 104 valence electrons. The molecule has 0 spiro atoms. The first-order valence-corrected chi connectivity index (χ1v) is 7.12. The largest absolute Gasteiger partial charge is 0.303 e. The minimum absolute atomic E-state index is 0.387. The number of hydrogen-bond donors (Lipinski definition) is 1. The van der Waals surface area contributed by atoms with E-state index in [4.69, 9.17) is 5.26 Å². The van der Waals surface area contributed by atoms with Gasteiger partial charge in [-0.2, -0.15) is 5.26 Å². The molecule has 1 N–H and O–H groups in total. The molecule has 0 aromatic rings. The molecule has 18 heavy (non-hydrogen) atoms. The minimum atomic E-state index is -0.387. The van der Waals surface area contributed by atoms with Gasteiger partial charge in [0.15, 0.2) is 0 Å². The molecule has 0 aliphatic heterocycles. The van der Waals surface area contributed by atoms with E-state index >= 15 is 0 Å². The summed E-state index contributed by atoms with van der Waals surface area (Å²) in [5.41, 5.74) is 0.145. The zero-order valence-corrected chi connectivity index (χ0v) is 12.7. The van der Waals surface area contributed by atoms with Crippen molar-refractivity contribution in [3.8, 4) is 6.07 Å². The molecule has 0 radical (unpaired) electrons. The first kappa shape index (κ1) is 15.5. The van der Waals surface area contributed by atoms with Crippen LogP contribution in [-0.2, 0) is 0 Å². The van der Waals surface area contributed by atoms with Crippen molar-refractivity contribution in [1.82, 2.24) is 10.2 Å². The summed E-state index contributed by atoms with van der Waals surface area (Å²) in [5, 5.41) is 12.3. The summed E-state index contributed by atoms with van der Waals surface area (Å²) in [6.45, 7) is 7.72. The van der Waals surface area contributed by atoms with E-state index in [0.717, 1.165) is 13.0 Å². The summed E-state index contributed by atoms with van der Waals surface area (Å²) in [6, 6.07) is 3.07. The fraction of sp³-hybridized carbons (Fsp3) is 0.933. The van der Waals surface area contributed by atoms with E-state index < -0.39 is 0 Å². The second-order valence-corrected chi connectivity index (χ2v) is 6.82. The molecule has 0 heterocycles. The Morgan fingerprint density at radius 3 is 2.39 bits per heavy atom. The van der Waals surface area contributed by atoms with Gasteiger partial charge in [0, 0.05) is 12.6 Å². The van der Waals surface area contributed by atoms with Gasteiger partial charge in [-0.3, -0.25) is 0 Å². The lowest BCUT2D eigenvalue weighted by molar-refractivity contribution is 0.122. The minimum Gasteiger partial charge on any atom is -0.303 e. The number of nitriles is 1. The van der Waals surface area contributed by atoms with E-state index in [1.165, 1.54) is 25.7 Å². The molecule has 0 saturated heterocycles. The van der Waals surface area contributed by atoms with Crippen LogP contribution in [0.4, 0.5) is 0 Å². The second-order valence-electron chi connectivity index (χ2n) is 6.82. The number of nitrogens with zero attached hydrogens (tertiary/aromatic N) is 2. The standard InChI is InChI=1S/C15H29N3/c1-14(2)8-6-13(7-9-14)18(5)11-10-15(3,12-16)17-4/h13,17H,6-11H2,1-5H3. The van der Waals surface area contributed by atoms with E-state index in [0.29, 0.717) is 11.5 Å². The Bertz CT molecular complexity index is 295. The highest BCUT2D eigenvalue weighted by atomic mass is 15.1. The van der Waals surface area contributed by atoms with Gasteiger partial charge in [-0.1, -0.05) is 13.8 Å². The maximum atomic E-state index is 9.15. The first-order valence-electron chi connectivity index (χ1n) is 7.12. The Hall–Kier alpha value is -0.590. The third kappa shape index (κ3) is 4.26. The third-order valence-corrected chi connectivity index (χ3v) is 4.70. The van der Waals surface area contributed by atoms with Crippen LogP contribution in [0, 0.1) is 16.7 Å². The Kier molecular flexibility index (Phi) is 5.19. The number of rotatable bonds is 5. The van der Waals surface area contributed by atoms with Gasteiger partial charge < -0.3 is 10.2 Å². The number of hydrogen-bond acceptors (Lipinski definition) is 3. The molecule has 1 rings (SSSR count). The van der Waals surface area contributed by atoms with Crippen molar-refractivity contribution in [3.05, 3.63) is 0 Å². The van der Waals surface area contributed by atoms with Gasteiger partial charge in [0.05, 0.1) is 6.07 Å². The molecule has 1 aliphatic rings. The first-order chi connectivity index (χ1) is 8.32. The van der Waals surface area contributed by atoms with Crippen LogP contribution in [0.3, 0.4) is 0 Å². The van der Waals surface area contributed by atoms with Crippen LogP contribution in [0.2, 0.25) is 0 Å². The van der Waals surface area contributed by atoms with Gasteiger partial charge in [0.2, 0.25) is 0 Å². The van der Waals surface area contributed by atoms with E-state index in [9.17, 15) is 0 Å². The van der Waals surface area contributed by atoms with Crippen molar-refractivity contribution in [3.63, 3.8) is 0 Å². The summed E-state index contributed by atoms with van der Waals surface area (Å²) in [6.07, 6.45) is 6.13. The molecule has 1 atom stereocenters. The zero-order chi connectivity index (χ0) is 13.8. The molecule has 1 unspecified atom stereocenters. The van der Waals surface area contributed by atoms with Crippen LogP contribution in [0.25, 0.3) is 0 Å². The molecule has 0 bridgehead atoms. The Labute approximate surface area is 113 Å². The van der Waals surface area contributed by atoms with Crippen LogP contribution >= 0.6 is 0 Å². The Morgan fingerprint density at radius 2 is 1.94 bits per heavy atom. The lowest BCUT2D eigenvalue weighted by atomic mass is 9.75. The van der Waals surface area contributed by atoms with Crippen molar-refractivity contribution in [2.24, 2.45) is 5.41 Å². The average molecular weight is 251 g/mol. The molecule has 3 heteroatoms. The molecule has 1 aliphatic carbocycles. The summed E-state index contributed by atoms with van der Waals surface area (Å²) < 4.78 is 0. The smallest absolute Gasteiger partial charge is 0.104 e. The summed E-state index contributed by atoms with van der Waals surface area (Å²) in [7, 11) is 4.07. The van der Waals surface area contributed by atoms with Crippen LogP contribution in [0.1, 0.15) is 52.9 Å². The fourth-order valence-electron chi connectivity index (χ4n) is 2.64. The molecule has 0 aromatic heterocycles. The highest BCUT2D eigenvalue weighted by molar-refractivity contribution is 5.03. The molecule has 1 saturated carbocycles. The van der Waals surface area contributed by atoms with Gasteiger partial charge in [0.25, 0.3) is 0 Å². The highest BCUT2D eigenvalue weighted by Gasteiger charge is 2.29. The van der Waals surface area contributed by atoms with Crippen molar-refractivity contribution in [1.29, 1.82) is 5.26 Å². The van der Waals surface area contributed by atoms with Gasteiger partial charge >= 0.3 is 0 Å². The fourth-order valence-corrected chi connectivity index (χ4v) is 2.64. The molecule has 0 amide bonds. The SMILES string of the molecule is CNC(C)(C#N)CCN(C)C1CCC(C)(C)CC1. The predicted octanol–water partition coefficient (Wildman–Crippen LogP) is 2.78. The summed E-state index contributed by atoms with van der Waals surface area (Å²) in [5.74, 6) is 0. The normalized spacial score (nSPS) is 23.6. The highest BCUT2D eigenvalue weighted by Crippen LogP contribution is 2.36. The summed E-state index contributed by atoms with van der Waals surface area (Å²) in [4.78, 5) is 2.45. The van der Waals surface area contributed by atoms with Crippen molar-refractivity contribution in [2.75, 3.05) is 20.6 Å². The zero-order valence-electron chi connectivity index (χ0n) is 12.7. The lowest BCUT2D eigenvalue weighted by Gasteiger charge is -2.39. The van der Waals surface area contributed by atoms with Crippen LogP contribution in [-0.4, -0.2) is 37.1 Å². The maximum absolute atomic E-state index is 9.15. The monoisotopic (exact) mass is 251 g/mol. The van der Waals surface area contributed by atoms with Crippen molar-refractivity contribution >= 4 is 0 Å². The second kappa shape index (κ2) is 6.04. The van der Waals surface area contributed by atoms with E-state index in [1.807, 2.05) is 14.0 Å². The number of nitrogens with one attached hydrogen (secondary N) is 1. The van der Waals surface area contributed by atoms with Crippen LogP contribution in [0.5, 0.6) is 0 Å². The van der Waals surface area contributed by atoms with E-state index in [2.05, 4.69) is 37.2 Å². The Morgan fingerprint density at radius 1 is 1.39 bits per heavy atom. The lowest BCUT2D eigenvalue weighted by Crippen LogP contribution is -2.44. The van der Waals surface area contributed by atoms with Crippen molar-refractivity contribution < 1.29 is 0 Å². The average Bonchev–Trinajstić information content (AvgIpc) is 2.35. The van der Waals surface area contributed by atoms with Crippen LogP contribution in [0.15, 0.2) is 0 Å². The van der Waals surface area contributed by atoms with Gasteiger partial charge in [-0.25, -0.2) is 0 Å². The molecule has 3 nitrogen and oxygen atoms in total. The molecule has 0 aromatic carbocycles. The van der Waals surface area contributed by atoms with Gasteiger partial charge in [0.1, 0.15) is 5.54 Å². The maximum Gasteiger partial charge on any atom is 0.104 e. The Balaban J connectivity index is 2.39. The molecular formula is C15H29N3. The van der Waals surface area contributed by atoms with E-state index in [1.54, 1.807) is 0 Å². The van der Waals surface area contributed by atoms with Crippen molar-refractivity contribution in [2.45, 2.75) is 64.5 Å².